The zero-order chi connectivity index (χ0) is 23.0. The molecule has 0 saturated heterocycles. The number of aromatic nitrogens is 2. The van der Waals surface area contributed by atoms with E-state index in [2.05, 4.69) is 22.7 Å². The summed E-state index contributed by atoms with van der Waals surface area (Å²) in [5.41, 5.74) is 3.47. The van der Waals surface area contributed by atoms with E-state index < -0.39 is 0 Å². The van der Waals surface area contributed by atoms with Gasteiger partial charge in [-0.05, 0) is 36.2 Å². The molecular formula is C25H28N4O3S. The van der Waals surface area contributed by atoms with Gasteiger partial charge in [-0.3, -0.25) is 9.59 Å². The van der Waals surface area contributed by atoms with Crippen molar-refractivity contribution in [2.24, 2.45) is 0 Å². The molecule has 3 aromatic rings. The Morgan fingerprint density at radius 2 is 1.88 bits per heavy atom. The fourth-order valence-corrected chi connectivity index (χ4v) is 4.56. The standard InChI is InChI=1S/C25H28N4O3S/c1-2-3-13-32-20-11-9-19(10-12-20)25(31)27-24-21-16-33-17-22(21)28-29(24)15-23(30)26-14-18-7-5-4-6-8-18/h4-12H,2-3,13-17H2,1H3,(H,26,30)(H,27,31). The van der Waals surface area contributed by atoms with Gasteiger partial charge in [-0.1, -0.05) is 43.7 Å². The first-order valence-corrected chi connectivity index (χ1v) is 12.3. The molecule has 172 valence electrons. The first-order valence-electron chi connectivity index (χ1n) is 11.1. The molecule has 2 aromatic carbocycles. The number of hydrogen-bond acceptors (Lipinski definition) is 5. The summed E-state index contributed by atoms with van der Waals surface area (Å²) in [7, 11) is 0. The van der Waals surface area contributed by atoms with Gasteiger partial charge >= 0.3 is 0 Å². The van der Waals surface area contributed by atoms with Gasteiger partial charge in [0.15, 0.2) is 0 Å². The molecule has 0 saturated carbocycles. The second-order valence-electron chi connectivity index (χ2n) is 7.87. The van der Waals surface area contributed by atoms with E-state index in [0.717, 1.165) is 46.9 Å². The van der Waals surface area contributed by atoms with E-state index in [1.54, 1.807) is 40.7 Å². The summed E-state index contributed by atoms with van der Waals surface area (Å²) in [6.07, 6.45) is 2.06. The van der Waals surface area contributed by atoms with E-state index in [1.807, 2.05) is 30.3 Å². The van der Waals surface area contributed by atoms with Gasteiger partial charge in [0, 0.05) is 29.2 Å². The summed E-state index contributed by atoms with van der Waals surface area (Å²) in [5, 5.41) is 10.5. The predicted molar refractivity (Wildman–Crippen MR) is 130 cm³/mol. The van der Waals surface area contributed by atoms with Crippen LogP contribution in [-0.2, 0) is 29.4 Å². The zero-order valence-electron chi connectivity index (χ0n) is 18.7. The third-order valence-corrected chi connectivity index (χ3v) is 6.33. The van der Waals surface area contributed by atoms with Crippen LogP contribution >= 0.6 is 11.8 Å². The maximum absolute atomic E-state index is 12.9. The fourth-order valence-electron chi connectivity index (χ4n) is 3.53. The summed E-state index contributed by atoms with van der Waals surface area (Å²) >= 11 is 1.75. The summed E-state index contributed by atoms with van der Waals surface area (Å²) in [5.74, 6) is 2.49. The molecule has 0 unspecified atom stereocenters. The van der Waals surface area contributed by atoms with Crippen LogP contribution in [0.4, 0.5) is 5.82 Å². The quantitative estimate of drug-likeness (QED) is 0.435. The van der Waals surface area contributed by atoms with Crippen molar-refractivity contribution in [3.05, 3.63) is 77.0 Å². The summed E-state index contributed by atoms with van der Waals surface area (Å²) < 4.78 is 7.27. The predicted octanol–water partition coefficient (Wildman–Crippen LogP) is 4.38. The van der Waals surface area contributed by atoms with E-state index in [-0.39, 0.29) is 18.4 Å². The number of ether oxygens (including phenoxy) is 1. The van der Waals surface area contributed by atoms with Gasteiger partial charge in [-0.25, -0.2) is 4.68 Å². The summed E-state index contributed by atoms with van der Waals surface area (Å²) in [6.45, 7) is 3.27. The largest absolute Gasteiger partial charge is 0.494 e. The van der Waals surface area contributed by atoms with Crippen molar-refractivity contribution in [2.75, 3.05) is 11.9 Å². The fraction of sp³-hybridized carbons (Fsp3) is 0.320. The van der Waals surface area contributed by atoms with Crippen molar-refractivity contribution in [1.82, 2.24) is 15.1 Å². The van der Waals surface area contributed by atoms with Crippen LogP contribution in [0.15, 0.2) is 54.6 Å². The number of thioether (sulfide) groups is 1. The molecule has 2 amide bonds. The van der Waals surface area contributed by atoms with E-state index in [9.17, 15) is 9.59 Å². The van der Waals surface area contributed by atoms with Crippen LogP contribution in [0, 0.1) is 0 Å². The van der Waals surface area contributed by atoms with E-state index in [1.165, 1.54) is 0 Å². The lowest BCUT2D eigenvalue weighted by molar-refractivity contribution is -0.122. The van der Waals surface area contributed by atoms with Gasteiger partial charge in [0.05, 0.1) is 12.3 Å². The van der Waals surface area contributed by atoms with Gasteiger partial charge in [0.1, 0.15) is 18.1 Å². The summed E-state index contributed by atoms with van der Waals surface area (Å²) in [4.78, 5) is 25.5. The van der Waals surface area contributed by atoms with Crippen LogP contribution < -0.4 is 15.4 Å². The number of nitrogens with zero attached hydrogens (tertiary/aromatic N) is 2. The van der Waals surface area contributed by atoms with Crippen LogP contribution in [0.25, 0.3) is 0 Å². The number of hydrogen-bond donors (Lipinski definition) is 2. The highest BCUT2D eigenvalue weighted by molar-refractivity contribution is 7.98. The number of nitrogens with one attached hydrogen (secondary N) is 2. The van der Waals surface area contributed by atoms with Crippen LogP contribution in [0.2, 0.25) is 0 Å². The maximum Gasteiger partial charge on any atom is 0.256 e. The first-order chi connectivity index (χ1) is 16.1. The SMILES string of the molecule is CCCCOc1ccc(C(=O)Nc2c3c(nn2CC(=O)NCc2ccccc2)CSC3)cc1. The molecule has 2 N–H and O–H groups in total. The second kappa shape index (κ2) is 11.0. The number of unbranched alkanes of at least 4 members (excludes halogenated alkanes) is 1. The molecule has 33 heavy (non-hydrogen) atoms. The highest BCUT2D eigenvalue weighted by Gasteiger charge is 2.25. The molecule has 4 rings (SSSR count). The van der Waals surface area contributed by atoms with Crippen molar-refractivity contribution >= 4 is 29.4 Å². The maximum atomic E-state index is 12.9. The molecule has 8 heteroatoms. The van der Waals surface area contributed by atoms with Crippen molar-refractivity contribution in [3.8, 4) is 5.75 Å². The lowest BCUT2D eigenvalue weighted by Gasteiger charge is -2.12. The van der Waals surface area contributed by atoms with E-state index in [0.29, 0.717) is 24.5 Å². The molecule has 0 radical (unpaired) electrons. The Kier molecular flexibility index (Phi) is 7.67. The molecule has 0 aliphatic carbocycles. The Bertz CT molecular complexity index is 1100. The molecule has 0 atom stereocenters. The van der Waals surface area contributed by atoms with Crippen LogP contribution in [0.5, 0.6) is 5.75 Å². The minimum atomic E-state index is -0.236. The average molecular weight is 465 g/mol. The van der Waals surface area contributed by atoms with Gasteiger partial charge < -0.3 is 15.4 Å². The molecule has 1 aliphatic heterocycles. The van der Waals surface area contributed by atoms with E-state index in [4.69, 9.17) is 4.74 Å². The van der Waals surface area contributed by atoms with Gasteiger partial charge in [0.25, 0.3) is 5.91 Å². The Hall–Kier alpha value is -3.26. The Labute approximate surface area is 197 Å². The van der Waals surface area contributed by atoms with Crippen molar-refractivity contribution in [3.63, 3.8) is 0 Å². The van der Waals surface area contributed by atoms with Gasteiger partial charge in [0.2, 0.25) is 5.91 Å². The number of rotatable bonds is 10. The lowest BCUT2D eigenvalue weighted by atomic mass is 10.2. The zero-order valence-corrected chi connectivity index (χ0v) is 19.5. The lowest BCUT2D eigenvalue weighted by Crippen LogP contribution is -2.28. The minimum Gasteiger partial charge on any atom is -0.494 e. The smallest absolute Gasteiger partial charge is 0.256 e. The molecule has 0 bridgehead atoms. The average Bonchev–Trinajstić information content (AvgIpc) is 3.41. The number of carbonyl (C=O) groups excluding carboxylic acids is 2. The minimum absolute atomic E-state index is 0.0460. The summed E-state index contributed by atoms with van der Waals surface area (Å²) in [6, 6.07) is 16.9. The molecular weight excluding hydrogens is 436 g/mol. The Balaban J connectivity index is 1.42. The number of carbonyl (C=O) groups is 2. The van der Waals surface area contributed by atoms with Crippen molar-refractivity contribution < 1.29 is 14.3 Å². The highest BCUT2D eigenvalue weighted by Crippen LogP contribution is 2.35. The van der Waals surface area contributed by atoms with Crippen LogP contribution in [0.1, 0.15) is 46.9 Å². The third kappa shape index (κ3) is 5.96. The number of fused-ring (bicyclic) bond motifs is 1. The molecule has 7 nitrogen and oxygen atoms in total. The molecule has 0 fully saturated rings. The van der Waals surface area contributed by atoms with Gasteiger partial charge in [-0.2, -0.15) is 16.9 Å². The molecule has 2 heterocycles. The first kappa shape index (κ1) is 22.9. The van der Waals surface area contributed by atoms with E-state index >= 15 is 0 Å². The number of amides is 2. The highest BCUT2D eigenvalue weighted by atomic mass is 32.2. The Morgan fingerprint density at radius 1 is 1.09 bits per heavy atom. The third-order valence-electron chi connectivity index (χ3n) is 5.36. The second-order valence-corrected chi connectivity index (χ2v) is 8.85. The van der Waals surface area contributed by atoms with Crippen molar-refractivity contribution in [1.29, 1.82) is 0 Å². The molecule has 1 aromatic heterocycles. The normalized spacial score (nSPS) is 12.3. The van der Waals surface area contributed by atoms with Gasteiger partial charge in [-0.15, -0.1) is 0 Å². The topological polar surface area (TPSA) is 85.2 Å². The number of benzene rings is 2. The molecule has 0 spiro atoms. The number of anilines is 1. The van der Waals surface area contributed by atoms with Crippen LogP contribution in [0.3, 0.4) is 0 Å². The van der Waals surface area contributed by atoms with Crippen molar-refractivity contribution in [2.45, 2.75) is 44.4 Å². The monoisotopic (exact) mass is 464 g/mol. The Morgan fingerprint density at radius 3 is 2.64 bits per heavy atom. The van der Waals surface area contributed by atoms with Crippen LogP contribution in [-0.4, -0.2) is 28.2 Å². The molecule has 1 aliphatic rings.